The van der Waals surface area contributed by atoms with Crippen molar-refractivity contribution in [3.63, 3.8) is 0 Å². The van der Waals surface area contributed by atoms with Crippen LogP contribution in [-0.2, 0) is 4.79 Å². The molecule has 0 saturated carbocycles. The standard InChI is InChI=1S/C10H21N3O/c1-12(2)8-9-13-7-3-5-11-6-4-10(13)14/h11H,3-9H2,1-2H3. The van der Waals surface area contributed by atoms with Crippen molar-refractivity contribution in [3.8, 4) is 0 Å². The highest BCUT2D eigenvalue weighted by Gasteiger charge is 2.14. The molecule has 0 aromatic rings. The minimum absolute atomic E-state index is 0.291. The molecule has 0 bridgehead atoms. The van der Waals surface area contributed by atoms with Crippen LogP contribution in [-0.4, -0.2) is 62.5 Å². The average Bonchev–Trinajstić information content (AvgIpc) is 2.10. The van der Waals surface area contributed by atoms with Crippen LogP contribution < -0.4 is 5.32 Å². The second-order valence-corrected chi connectivity index (χ2v) is 4.04. The maximum Gasteiger partial charge on any atom is 0.223 e. The molecule has 0 unspecified atom stereocenters. The molecular formula is C10H21N3O. The second kappa shape index (κ2) is 5.98. The molecule has 1 aliphatic rings. The quantitative estimate of drug-likeness (QED) is 0.681. The predicted octanol–water partition coefficient (Wildman–Crippen LogP) is -0.240. The number of rotatable bonds is 3. The zero-order valence-electron chi connectivity index (χ0n) is 9.25. The summed E-state index contributed by atoms with van der Waals surface area (Å²) in [7, 11) is 4.08. The van der Waals surface area contributed by atoms with E-state index in [1.807, 2.05) is 19.0 Å². The minimum Gasteiger partial charge on any atom is -0.341 e. The van der Waals surface area contributed by atoms with Crippen LogP contribution in [0.25, 0.3) is 0 Å². The summed E-state index contributed by atoms with van der Waals surface area (Å²) in [6.07, 6.45) is 1.71. The van der Waals surface area contributed by atoms with Gasteiger partial charge in [-0.05, 0) is 27.1 Å². The van der Waals surface area contributed by atoms with Crippen LogP contribution in [0.3, 0.4) is 0 Å². The molecule has 0 aromatic heterocycles. The number of nitrogens with zero attached hydrogens (tertiary/aromatic N) is 2. The largest absolute Gasteiger partial charge is 0.341 e. The zero-order chi connectivity index (χ0) is 10.4. The number of carbonyl (C=O) groups is 1. The van der Waals surface area contributed by atoms with E-state index in [2.05, 4.69) is 10.2 Å². The minimum atomic E-state index is 0.291. The maximum absolute atomic E-state index is 11.6. The molecule has 1 saturated heterocycles. The highest BCUT2D eigenvalue weighted by atomic mass is 16.2. The summed E-state index contributed by atoms with van der Waals surface area (Å²) in [6.45, 7) is 4.59. The highest BCUT2D eigenvalue weighted by molar-refractivity contribution is 5.76. The van der Waals surface area contributed by atoms with Gasteiger partial charge in [-0.1, -0.05) is 0 Å². The zero-order valence-corrected chi connectivity index (χ0v) is 9.25. The van der Waals surface area contributed by atoms with Gasteiger partial charge in [0, 0.05) is 32.6 Å². The SMILES string of the molecule is CN(C)CCN1CCCNCCC1=O. The van der Waals surface area contributed by atoms with E-state index in [1.54, 1.807) is 0 Å². The number of likely N-dealkylation sites (N-methyl/N-ethyl adjacent to an activating group) is 1. The van der Waals surface area contributed by atoms with Gasteiger partial charge in [0.05, 0.1) is 0 Å². The lowest BCUT2D eigenvalue weighted by Crippen LogP contribution is -2.41. The average molecular weight is 199 g/mol. The normalized spacial score (nSPS) is 19.6. The topological polar surface area (TPSA) is 35.6 Å². The van der Waals surface area contributed by atoms with Crippen molar-refractivity contribution in [2.45, 2.75) is 12.8 Å². The fourth-order valence-corrected chi connectivity index (χ4v) is 1.56. The number of amides is 1. The fraction of sp³-hybridized carbons (Fsp3) is 0.900. The Morgan fingerprint density at radius 1 is 1.43 bits per heavy atom. The van der Waals surface area contributed by atoms with E-state index >= 15 is 0 Å². The summed E-state index contributed by atoms with van der Waals surface area (Å²) in [5.74, 6) is 0.291. The van der Waals surface area contributed by atoms with Gasteiger partial charge in [0.15, 0.2) is 0 Å². The number of hydrogen-bond donors (Lipinski definition) is 1. The van der Waals surface area contributed by atoms with Crippen molar-refractivity contribution in [1.29, 1.82) is 0 Å². The lowest BCUT2D eigenvalue weighted by Gasteiger charge is -2.26. The maximum atomic E-state index is 11.6. The van der Waals surface area contributed by atoms with Gasteiger partial charge in [0.25, 0.3) is 0 Å². The summed E-state index contributed by atoms with van der Waals surface area (Å²) in [4.78, 5) is 15.7. The molecule has 1 aliphatic heterocycles. The number of carbonyl (C=O) groups excluding carboxylic acids is 1. The summed E-state index contributed by atoms with van der Waals surface area (Å²) in [6, 6.07) is 0. The number of nitrogens with one attached hydrogen (secondary N) is 1. The third-order valence-electron chi connectivity index (χ3n) is 2.47. The molecule has 0 atom stereocenters. The molecule has 0 spiro atoms. The first-order chi connectivity index (χ1) is 6.70. The molecule has 1 heterocycles. The van der Waals surface area contributed by atoms with Crippen LogP contribution in [0.15, 0.2) is 0 Å². The van der Waals surface area contributed by atoms with Gasteiger partial charge in [-0.15, -0.1) is 0 Å². The van der Waals surface area contributed by atoms with Crippen LogP contribution in [0.2, 0.25) is 0 Å². The molecule has 1 amide bonds. The van der Waals surface area contributed by atoms with E-state index < -0.39 is 0 Å². The van der Waals surface area contributed by atoms with Crippen molar-refractivity contribution in [1.82, 2.24) is 15.1 Å². The Morgan fingerprint density at radius 2 is 2.21 bits per heavy atom. The van der Waals surface area contributed by atoms with E-state index in [4.69, 9.17) is 0 Å². The van der Waals surface area contributed by atoms with Crippen molar-refractivity contribution in [2.24, 2.45) is 0 Å². The van der Waals surface area contributed by atoms with Gasteiger partial charge >= 0.3 is 0 Å². The monoisotopic (exact) mass is 199 g/mol. The van der Waals surface area contributed by atoms with Crippen molar-refractivity contribution >= 4 is 5.91 Å². The third-order valence-corrected chi connectivity index (χ3v) is 2.47. The molecule has 0 aliphatic carbocycles. The van der Waals surface area contributed by atoms with Gasteiger partial charge in [0.1, 0.15) is 0 Å². The smallest absolute Gasteiger partial charge is 0.223 e. The Kier molecular flexibility index (Phi) is 4.90. The molecule has 1 rings (SSSR count). The first-order valence-corrected chi connectivity index (χ1v) is 5.33. The van der Waals surface area contributed by atoms with Crippen LogP contribution in [0, 0.1) is 0 Å². The first-order valence-electron chi connectivity index (χ1n) is 5.33. The van der Waals surface area contributed by atoms with E-state index in [0.717, 1.165) is 39.1 Å². The summed E-state index contributed by atoms with van der Waals surface area (Å²) >= 11 is 0. The first kappa shape index (κ1) is 11.5. The molecule has 4 nitrogen and oxygen atoms in total. The third kappa shape index (κ3) is 4.07. The van der Waals surface area contributed by atoms with Gasteiger partial charge in [0.2, 0.25) is 5.91 Å². The van der Waals surface area contributed by atoms with Crippen LogP contribution in [0.5, 0.6) is 0 Å². The Morgan fingerprint density at radius 3 is 2.93 bits per heavy atom. The van der Waals surface area contributed by atoms with Gasteiger partial charge in [-0.3, -0.25) is 4.79 Å². The van der Waals surface area contributed by atoms with E-state index in [0.29, 0.717) is 12.3 Å². The Bertz CT molecular complexity index is 182. The number of hydrogen-bond acceptors (Lipinski definition) is 3. The molecule has 0 aromatic carbocycles. The van der Waals surface area contributed by atoms with Crippen LogP contribution in [0.1, 0.15) is 12.8 Å². The summed E-state index contributed by atoms with van der Waals surface area (Å²) in [5, 5.41) is 3.25. The van der Waals surface area contributed by atoms with Crippen molar-refractivity contribution < 1.29 is 4.79 Å². The molecule has 82 valence electrons. The van der Waals surface area contributed by atoms with Crippen LogP contribution >= 0.6 is 0 Å². The molecule has 1 N–H and O–H groups in total. The van der Waals surface area contributed by atoms with Gasteiger partial charge < -0.3 is 15.1 Å². The Labute approximate surface area is 86.2 Å². The molecule has 14 heavy (non-hydrogen) atoms. The highest BCUT2D eigenvalue weighted by Crippen LogP contribution is 1.99. The molecule has 0 radical (unpaired) electrons. The molecule has 4 heteroatoms. The van der Waals surface area contributed by atoms with E-state index in [1.165, 1.54) is 0 Å². The van der Waals surface area contributed by atoms with Crippen molar-refractivity contribution in [3.05, 3.63) is 0 Å². The van der Waals surface area contributed by atoms with Crippen molar-refractivity contribution in [2.75, 3.05) is 46.8 Å². The van der Waals surface area contributed by atoms with Gasteiger partial charge in [-0.25, -0.2) is 0 Å². The summed E-state index contributed by atoms with van der Waals surface area (Å²) < 4.78 is 0. The molecule has 1 fully saturated rings. The second-order valence-electron chi connectivity index (χ2n) is 4.04. The lowest BCUT2D eigenvalue weighted by atomic mass is 10.2. The Balaban J connectivity index is 2.33. The predicted molar refractivity (Wildman–Crippen MR) is 57.2 cm³/mol. The molecular weight excluding hydrogens is 178 g/mol. The Hall–Kier alpha value is -0.610. The van der Waals surface area contributed by atoms with Gasteiger partial charge in [-0.2, -0.15) is 0 Å². The fourth-order valence-electron chi connectivity index (χ4n) is 1.56. The van der Waals surface area contributed by atoms with Crippen LogP contribution in [0.4, 0.5) is 0 Å². The lowest BCUT2D eigenvalue weighted by molar-refractivity contribution is -0.131. The summed E-state index contributed by atoms with van der Waals surface area (Å²) in [5.41, 5.74) is 0. The van der Waals surface area contributed by atoms with E-state index in [9.17, 15) is 4.79 Å². The van der Waals surface area contributed by atoms with E-state index in [-0.39, 0.29) is 0 Å².